The second-order valence-electron chi connectivity index (χ2n) is 3.78. The molecule has 1 unspecified atom stereocenters. The summed E-state index contributed by atoms with van der Waals surface area (Å²) in [6, 6.07) is 2.54. The third kappa shape index (κ3) is 2.10. The van der Waals surface area contributed by atoms with Crippen molar-refractivity contribution in [2.75, 3.05) is 7.05 Å². The average Bonchev–Trinajstić information content (AvgIpc) is 2.46. The maximum atomic E-state index is 4.46. The van der Waals surface area contributed by atoms with E-state index in [0.717, 1.165) is 0 Å². The van der Waals surface area contributed by atoms with Crippen molar-refractivity contribution in [1.29, 1.82) is 0 Å². The lowest BCUT2D eigenvalue weighted by Gasteiger charge is -2.09. The van der Waals surface area contributed by atoms with E-state index >= 15 is 0 Å². The first kappa shape index (κ1) is 10.3. The predicted molar refractivity (Wildman–Crippen MR) is 54.8 cm³/mol. The molecule has 1 N–H and O–H groups in total. The molecule has 0 aromatic carbocycles. The molecule has 0 fully saturated rings. The van der Waals surface area contributed by atoms with Crippen LogP contribution in [0.1, 0.15) is 44.1 Å². The topological polar surface area (TPSA) is 29.9 Å². The molecule has 0 amide bonds. The normalized spacial score (nSPS) is 13.7. The fourth-order valence-corrected chi connectivity index (χ4v) is 1.34. The van der Waals surface area contributed by atoms with E-state index in [1.807, 2.05) is 18.8 Å². The lowest BCUT2D eigenvalue weighted by atomic mass is 10.1. The van der Waals surface area contributed by atoms with E-state index in [4.69, 9.17) is 0 Å². The van der Waals surface area contributed by atoms with Crippen molar-refractivity contribution in [3.63, 3.8) is 0 Å². The van der Waals surface area contributed by atoms with E-state index < -0.39 is 0 Å². The number of nitrogens with zero attached hydrogens (tertiary/aromatic N) is 2. The Morgan fingerprint density at radius 3 is 2.38 bits per heavy atom. The van der Waals surface area contributed by atoms with Crippen LogP contribution in [0.3, 0.4) is 0 Å². The van der Waals surface area contributed by atoms with E-state index in [9.17, 15) is 0 Å². The van der Waals surface area contributed by atoms with Gasteiger partial charge < -0.3 is 5.32 Å². The van der Waals surface area contributed by atoms with Gasteiger partial charge in [-0.05, 0) is 26.0 Å². The third-order valence-corrected chi connectivity index (χ3v) is 2.40. The highest BCUT2D eigenvalue weighted by Crippen LogP contribution is 2.18. The lowest BCUT2D eigenvalue weighted by molar-refractivity contribution is 0.576. The zero-order chi connectivity index (χ0) is 10.0. The zero-order valence-corrected chi connectivity index (χ0v) is 9.13. The van der Waals surface area contributed by atoms with Gasteiger partial charge in [-0.3, -0.25) is 4.68 Å². The SMILES string of the molecule is CNC(C)c1cc(C(C)C)nn1C. The van der Waals surface area contributed by atoms with Gasteiger partial charge in [0.05, 0.1) is 11.4 Å². The molecule has 0 radical (unpaired) electrons. The zero-order valence-electron chi connectivity index (χ0n) is 9.13. The third-order valence-electron chi connectivity index (χ3n) is 2.40. The Labute approximate surface area is 80.1 Å². The van der Waals surface area contributed by atoms with Crippen molar-refractivity contribution >= 4 is 0 Å². The summed E-state index contributed by atoms with van der Waals surface area (Å²) in [5, 5.41) is 7.67. The Morgan fingerprint density at radius 2 is 2.00 bits per heavy atom. The molecule has 1 atom stereocenters. The van der Waals surface area contributed by atoms with Gasteiger partial charge in [-0.15, -0.1) is 0 Å². The number of aromatic nitrogens is 2. The van der Waals surface area contributed by atoms with Gasteiger partial charge in [-0.25, -0.2) is 0 Å². The Balaban J connectivity index is 2.96. The van der Waals surface area contributed by atoms with Crippen LogP contribution in [0, 0.1) is 0 Å². The number of nitrogens with one attached hydrogen (secondary N) is 1. The standard InChI is InChI=1S/C10H19N3/c1-7(2)9-6-10(8(3)11-4)13(5)12-9/h6-8,11H,1-5H3. The summed E-state index contributed by atoms with van der Waals surface area (Å²) in [6.07, 6.45) is 0. The van der Waals surface area contributed by atoms with E-state index in [-0.39, 0.29) is 0 Å². The first-order valence-electron chi connectivity index (χ1n) is 4.77. The summed E-state index contributed by atoms with van der Waals surface area (Å²) in [5.41, 5.74) is 2.41. The molecule has 13 heavy (non-hydrogen) atoms. The van der Waals surface area contributed by atoms with E-state index in [0.29, 0.717) is 12.0 Å². The highest BCUT2D eigenvalue weighted by molar-refractivity contribution is 5.15. The molecule has 0 saturated heterocycles. The molecule has 0 spiro atoms. The summed E-state index contributed by atoms with van der Waals surface area (Å²) in [5.74, 6) is 0.504. The molecule has 3 heteroatoms. The van der Waals surface area contributed by atoms with Crippen LogP contribution in [0.25, 0.3) is 0 Å². The van der Waals surface area contributed by atoms with Crippen LogP contribution in [0.15, 0.2) is 6.07 Å². The number of rotatable bonds is 3. The van der Waals surface area contributed by atoms with Gasteiger partial charge in [0, 0.05) is 13.1 Å². The molecule has 1 aromatic heterocycles. The van der Waals surface area contributed by atoms with Crippen LogP contribution < -0.4 is 5.32 Å². The minimum absolute atomic E-state index is 0.366. The Bertz CT molecular complexity index is 276. The monoisotopic (exact) mass is 181 g/mol. The van der Waals surface area contributed by atoms with Gasteiger partial charge >= 0.3 is 0 Å². The minimum Gasteiger partial charge on any atom is -0.312 e. The molecule has 1 rings (SSSR count). The number of hydrogen-bond donors (Lipinski definition) is 1. The minimum atomic E-state index is 0.366. The van der Waals surface area contributed by atoms with Crippen LogP contribution in [0.4, 0.5) is 0 Å². The fraction of sp³-hybridized carbons (Fsp3) is 0.700. The molecule has 1 heterocycles. The molecule has 0 aliphatic rings. The van der Waals surface area contributed by atoms with Gasteiger partial charge in [0.15, 0.2) is 0 Å². The Morgan fingerprint density at radius 1 is 1.38 bits per heavy atom. The van der Waals surface area contributed by atoms with E-state index in [1.54, 1.807) is 0 Å². The van der Waals surface area contributed by atoms with Crippen LogP contribution in [0.2, 0.25) is 0 Å². The van der Waals surface area contributed by atoms with Crippen molar-refractivity contribution < 1.29 is 0 Å². The van der Waals surface area contributed by atoms with Crippen molar-refractivity contribution in [3.8, 4) is 0 Å². The van der Waals surface area contributed by atoms with E-state index in [2.05, 4.69) is 37.3 Å². The summed E-state index contributed by atoms with van der Waals surface area (Å²) in [4.78, 5) is 0. The second kappa shape index (κ2) is 3.92. The van der Waals surface area contributed by atoms with Gasteiger partial charge in [0.2, 0.25) is 0 Å². The van der Waals surface area contributed by atoms with Crippen LogP contribution >= 0.6 is 0 Å². The highest BCUT2D eigenvalue weighted by Gasteiger charge is 2.11. The Hall–Kier alpha value is -0.830. The molecule has 0 aliphatic carbocycles. The van der Waals surface area contributed by atoms with Crippen molar-refractivity contribution in [3.05, 3.63) is 17.5 Å². The molecule has 0 saturated carbocycles. The van der Waals surface area contributed by atoms with Gasteiger partial charge in [0.1, 0.15) is 0 Å². The maximum Gasteiger partial charge on any atom is 0.0653 e. The largest absolute Gasteiger partial charge is 0.312 e. The average molecular weight is 181 g/mol. The van der Waals surface area contributed by atoms with Crippen LogP contribution in [-0.4, -0.2) is 16.8 Å². The molecule has 74 valence electrons. The Kier molecular flexibility index (Phi) is 3.09. The number of hydrogen-bond acceptors (Lipinski definition) is 2. The van der Waals surface area contributed by atoms with E-state index in [1.165, 1.54) is 11.4 Å². The first-order valence-corrected chi connectivity index (χ1v) is 4.77. The molecule has 0 aliphatic heterocycles. The highest BCUT2D eigenvalue weighted by atomic mass is 15.3. The summed E-state index contributed by atoms with van der Waals surface area (Å²) < 4.78 is 1.95. The molecule has 0 bridgehead atoms. The van der Waals surface area contributed by atoms with Crippen LogP contribution in [0.5, 0.6) is 0 Å². The van der Waals surface area contributed by atoms with Crippen LogP contribution in [-0.2, 0) is 7.05 Å². The van der Waals surface area contributed by atoms with Crippen molar-refractivity contribution in [1.82, 2.24) is 15.1 Å². The second-order valence-corrected chi connectivity index (χ2v) is 3.78. The van der Waals surface area contributed by atoms with Gasteiger partial charge in [-0.2, -0.15) is 5.10 Å². The summed E-state index contributed by atoms with van der Waals surface area (Å²) >= 11 is 0. The van der Waals surface area contributed by atoms with Gasteiger partial charge in [-0.1, -0.05) is 13.8 Å². The first-order chi connectivity index (χ1) is 6.06. The van der Waals surface area contributed by atoms with Crippen molar-refractivity contribution in [2.45, 2.75) is 32.7 Å². The smallest absolute Gasteiger partial charge is 0.0653 e. The van der Waals surface area contributed by atoms with Crippen molar-refractivity contribution in [2.24, 2.45) is 7.05 Å². The quantitative estimate of drug-likeness (QED) is 0.771. The summed E-state index contributed by atoms with van der Waals surface area (Å²) in [7, 11) is 3.96. The van der Waals surface area contributed by atoms with Gasteiger partial charge in [0.25, 0.3) is 0 Å². The fourth-order valence-electron chi connectivity index (χ4n) is 1.34. The molecule has 3 nitrogen and oxygen atoms in total. The lowest BCUT2D eigenvalue weighted by Crippen LogP contribution is -2.15. The summed E-state index contributed by atoms with van der Waals surface area (Å²) in [6.45, 7) is 6.47. The predicted octanol–water partition coefficient (Wildman–Crippen LogP) is 1.82. The number of aryl methyl sites for hydroxylation is 1. The molecular formula is C10H19N3. The maximum absolute atomic E-state index is 4.46. The molecular weight excluding hydrogens is 162 g/mol. The molecule has 1 aromatic rings.